The number of aromatic nitrogens is 2. The van der Waals surface area contributed by atoms with Crippen LogP contribution >= 0.6 is 0 Å². The predicted octanol–water partition coefficient (Wildman–Crippen LogP) is 3.11. The molecule has 1 saturated carbocycles. The third-order valence-corrected chi connectivity index (χ3v) is 7.91. The highest BCUT2D eigenvalue weighted by Crippen LogP contribution is 2.35. The van der Waals surface area contributed by atoms with Gasteiger partial charge in [-0.3, -0.25) is 28.5 Å². The molecule has 43 heavy (non-hydrogen) atoms. The summed E-state index contributed by atoms with van der Waals surface area (Å²) in [6, 6.07) is 15.3. The van der Waals surface area contributed by atoms with Gasteiger partial charge in [0.1, 0.15) is 5.39 Å². The van der Waals surface area contributed by atoms with E-state index in [0.29, 0.717) is 34.8 Å². The number of hydrogen-bond donors (Lipinski definition) is 2. The number of ketones is 1. The van der Waals surface area contributed by atoms with E-state index in [0.717, 1.165) is 12.8 Å². The third-order valence-electron chi connectivity index (χ3n) is 7.91. The highest BCUT2D eigenvalue weighted by atomic mass is 16.5. The number of methoxy groups -OCH3 is 1. The number of Topliss-reactive ketones (excluding diaryl/α,β-unsaturated/α-hetero) is 1. The van der Waals surface area contributed by atoms with E-state index in [2.05, 4.69) is 10.6 Å². The van der Waals surface area contributed by atoms with Gasteiger partial charge in [0.05, 0.1) is 24.7 Å². The van der Waals surface area contributed by atoms with Crippen LogP contribution in [0.1, 0.15) is 53.5 Å². The van der Waals surface area contributed by atoms with Crippen LogP contribution in [-0.4, -0.2) is 58.5 Å². The molecule has 0 spiro atoms. The fourth-order valence-electron chi connectivity index (χ4n) is 5.92. The second-order valence-corrected chi connectivity index (χ2v) is 10.7. The van der Waals surface area contributed by atoms with Gasteiger partial charge in [-0.25, -0.2) is 0 Å². The lowest BCUT2D eigenvalue weighted by atomic mass is 9.90. The van der Waals surface area contributed by atoms with Crippen molar-refractivity contribution in [3.63, 3.8) is 0 Å². The fourth-order valence-corrected chi connectivity index (χ4v) is 5.92. The quantitative estimate of drug-likeness (QED) is 0.227. The summed E-state index contributed by atoms with van der Waals surface area (Å²) in [5, 5.41) is 6.80. The maximum absolute atomic E-state index is 14.1. The number of carbonyl (C=O) groups excluding carboxylic acids is 4. The summed E-state index contributed by atoms with van der Waals surface area (Å²) in [4.78, 5) is 64.6. The Balaban J connectivity index is 1.53. The van der Waals surface area contributed by atoms with Crippen LogP contribution in [0.15, 0.2) is 59.4 Å². The van der Waals surface area contributed by atoms with Gasteiger partial charge in [-0.2, -0.15) is 0 Å². The molecule has 2 heterocycles. The Kier molecular flexibility index (Phi) is 8.61. The number of nitrogens with zero attached hydrogens (tertiary/aromatic N) is 2. The summed E-state index contributed by atoms with van der Waals surface area (Å²) in [5.74, 6) is -1.57. The van der Waals surface area contributed by atoms with E-state index in [1.807, 2.05) is 18.2 Å². The number of amides is 2. The summed E-state index contributed by atoms with van der Waals surface area (Å²) in [5.41, 5.74) is 1.27. The van der Waals surface area contributed by atoms with Crippen LogP contribution in [0.5, 0.6) is 5.75 Å². The Labute approximate surface area is 247 Å². The Morgan fingerprint density at radius 3 is 2.26 bits per heavy atom. The number of nitrogens with one attached hydrogen (secondary N) is 2. The van der Waals surface area contributed by atoms with Crippen LogP contribution < -0.4 is 20.9 Å². The molecule has 2 aromatic heterocycles. The normalized spacial score (nSPS) is 16.5. The Morgan fingerprint density at radius 1 is 0.930 bits per heavy atom. The first-order chi connectivity index (χ1) is 20.7. The first-order valence-electron chi connectivity index (χ1n) is 14.2. The van der Waals surface area contributed by atoms with Crippen molar-refractivity contribution in [1.29, 1.82) is 0 Å². The van der Waals surface area contributed by atoms with E-state index in [-0.39, 0.29) is 41.2 Å². The van der Waals surface area contributed by atoms with Gasteiger partial charge in [-0.05, 0) is 18.9 Å². The summed E-state index contributed by atoms with van der Waals surface area (Å²) in [6.45, 7) is 0.651. The summed E-state index contributed by atoms with van der Waals surface area (Å²) < 4.78 is 13.6. The number of esters is 1. The molecule has 2 atom stereocenters. The van der Waals surface area contributed by atoms with E-state index < -0.39 is 29.9 Å². The standard InChI is InChI=1S/C32H34N4O7/c1-19(37)43-18-26(39)33-22-14-8-9-15-23(22)34-31(40)29-30(42-3)27-28(35(29)2)21-13-7-10-16-24(21)36(32(27)41)17-25(38)20-11-5-4-6-12-20/h4-7,10-13,16,22-23H,8-9,14-15,17-18H2,1-3H3,(H,33,39)(H,34,40)/t22-,23?/m1/s1. The molecule has 0 radical (unpaired) electrons. The molecular formula is C32H34N4O7. The number of hydrogen-bond acceptors (Lipinski definition) is 7. The van der Waals surface area contributed by atoms with Crippen molar-refractivity contribution in [1.82, 2.24) is 19.8 Å². The molecule has 1 aliphatic rings. The molecule has 2 N–H and O–H groups in total. The maximum Gasteiger partial charge on any atom is 0.303 e. The van der Waals surface area contributed by atoms with Crippen molar-refractivity contribution in [2.75, 3.05) is 13.7 Å². The number of fused-ring (bicyclic) bond motifs is 3. The highest BCUT2D eigenvalue weighted by Gasteiger charge is 2.32. The van der Waals surface area contributed by atoms with Crippen LogP contribution in [0.2, 0.25) is 0 Å². The van der Waals surface area contributed by atoms with Crippen LogP contribution in [0.4, 0.5) is 0 Å². The largest absolute Gasteiger partial charge is 0.493 e. The van der Waals surface area contributed by atoms with Crippen molar-refractivity contribution in [2.24, 2.45) is 7.05 Å². The van der Waals surface area contributed by atoms with Gasteiger partial charge in [0, 0.05) is 37.0 Å². The van der Waals surface area contributed by atoms with Gasteiger partial charge >= 0.3 is 5.97 Å². The molecule has 2 aromatic carbocycles. The molecule has 11 heteroatoms. The topological polar surface area (TPSA) is 138 Å². The smallest absolute Gasteiger partial charge is 0.303 e. The van der Waals surface area contributed by atoms with Gasteiger partial charge in [-0.1, -0.05) is 61.4 Å². The second kappa shape index (κ2) is 12.5. The minimum Gasteiger partial charge on any atom is -0.493 e. The molecule has 0 bridgehead atoms. The molecule has 224 valence electrons. The zero-order valence-corrected chi connectivity index (χ0v) is 24.3. The van der Waals surface area contributed by atoms with Gasteiger partial charge < -0.3 is 24.7 Å². The molecule has 4 aromatic rings. The van der Waals surface area contributed by atoms with Gasteiger partial charge in [-0.15, -0.1) is 0 Å². The molecular weight excluding hydrogens is 552 g/mol. The van der Waals surface area contributed by atoms with Crippen molar-refractivity contribution in [3.05, 3.63) is 76.2 Å². The molecule has 11 nitrogen and oxygen atoms in total. The second-order valence-electron chi connectivity index (χ2n) is 10.7. The maximum atomic E-state index is 14.1. The summed E-state index contributed by atoms with van der Waals surface area (Å²) in [6.07, 6.45) is 3.01. The number of aryl methyl sites for hydroxylation is 1. The number of ether oxygens (including phenoxy) is 2. The summed E-state index contributed by atoms with van der Waals surface area (Å²) in [7, 11) is 3.10. The molecule has 1 aliphatic carbocycles. The third kappa shape index (κ3) is 5.88. The van der Waals surface area contributed by atoms with E-state index in [1.54, 1.807) is 48.0 Å². The van der Waals surface area contributed by atoms with E-state index in [1.165, 1.54) is 18.6 Å². The lowest BCUT2D eigenvalue weighted by molar-refractivity contribution is -0.146. The Morgan fingerprint density at radius 2 is 1.58 bits per heavy atom. The summed E-state index contributed by atoms with van der Waals surface area (Å²) >= 11 is 0. The average Bonchev–Trinajstić information content (AvgIpc) is 3.31. The van der Waals surface area contributed by atoms with Gasteiger partial charge in [0.15, 0.2) is 23.8 Å². The fraction of sp³-hybridized carbons (Fsp3) is 0.344. The average molecular weight is 587 g/mol. The number of pyridine rings is 1. The predicted molar refractivity (Wildman–Crippen MR) is 160 cm³/mol. The number of para-hydroxylation sites is 1. The highest BCUT2D eigenvalue weighted by molar-refractivity contribution is 6.12. The molecule has 0 aliphatic heterocycles. The molecule has 2 amide bonds. The molecule has 1 unspecified atom stereocenters. The van der Waals surface area contributed by atoms with Crippen LogP contribution in [-0.2, 0) is 27.9 Å². The Bertz CT molecular complexity index is 1770. The SMILES string of the molecule is COc1c(C(=O)NC2CCCC[C@H]2NC(=O)COC(C)=O)n(C)c2c1c(=O)n(CC(=O)c1ccccc1)c1ccccc21. The lowest BCUT2D eigenvalue weighted by Gasteiger charge is -2.32. The zero-order chi connectivity index (χ0) is 30.7. The van der Waals surface area contributed by atoms with Crippen molar-refractivity contribution in [3.8, 4) is 5.75 Å². The minimum absolute atomic E-state index is 0.109. The van der Waals surface area contributed by atoms with Gasteiger partial charge in [0.2, 0.25) is 0 Å². The first-order valence-corrected chi connectivity index (χ1v) is 14.2. The van der Waals surface area contributed by atoms with Crippen molar-refractivity contribution in [2.45, 2.75) is 51.2 Å². The van der Waals surface area contributed by atoms with Crippen molar-refractivity contribution >= 4 is 45.4 Å². The number of benzene rings is 2. The lowest BCUT2D eigenvalue weighted by Crippen LogP contribution is -2.54. The van der Waals surface area contributed by atoms with E-state index in [4.69, 9.17) is 9.47 Å². The van der Waals surface area contributed by atoms with Crippen LogP contribution in [0, 0.1) is 0 Å². The van der Waals surface area contributed by atoms with Gasteiger partial charge in [0.25, 0.3) is 17.4 Å². The monoisotopic (exact) mass is 586 g/mol. The zero-order valence-electron chi connectivity index (χ0n) is 24.3. The number of rotatable bonds is 9. The molecule has 1 fully saturated rings. The Hall–Kier alpha value is -4.93. The van der Waals surface area contributed by atoms with Crippen molar-refractivity contribution < 1.29 is 28.7 Å². The van der Waals surface area contributed by atoms with Crippen LogP contribution in [0.3, 0.4) is 0 Å². The van der Waals surface area contributed by atoms with Crippen LogP contribution in [0.25, 0.3) is 21.8 Å². The minimum atomic E-state index is -0.553. The number of carbonyl (C=O) groups is 4. The van der Waals surface area contributed by atoms with E-state index in [9.17, 15) is 24.0 Å². The molecule has 0 saturated heterocycles. The van der Waals surface area contributed by atoms with E-state index >= 15 is 0 Å². The first kappa shape index (κ1) is 29.6. The molecule has 5 rings (SSSR count).